The Balaban J connectivity index is 5.16. The summed E-state index contributed by atoms with van der Waals surface area (Å²) in [5.41, 5.74) is 0. The molecule has 3 N–H and O–H groups in total. The number of hydrogen-bond acceptors (Lipinski definition) is 15. The molecule has 19 heteroatoms. The lowest BCUT2D eigenvalue weighted by Gasteiger charge is -2.21. The van der Waals surface area contributed by atoms with Gasteiger partial charge in [-0.15, -0.1) is 0 Å². The Morgan fingerprint density at radius 3 is 0.656 bits per heavy atom. The summed E-state index contributed by atoms with van der Waals surface area (Å²) in [6.07, 6.45) is 54.2. The summed E-state index contributed by atoms with van der Waals surface area (Å²) in [5.74, 6) is -2.12. The molecule has 5 atom stereocenters. The van der Waals surface area contributed by atoms with Gasteiger partial charge in [0.25, 0.3) is 0 Å². The summed E-state index contributed by atoms with van der Waals surface area (Å²) in [6.45, 7) is 4.91. The first-order valence-corrected chi connectivity index (χ1v) is 40.3. The van der Waals surface area contributed by atoms with E-state index in [1.165, 1.54) is 199 Å². The molecule has 0 radical (unpaired) electrons. The van der Waals surface area contributed by atoms with Gasteiger partial charge in [0.15, 0.2) is 12.2 Å². The average molecular weight is 1330 g/mol. The SMILES string of the molecule is CCCCCCCCCCCCCCCCCCCCCCC(=O)O[C@H](COC(=O)CCCCCCCCCCCCCC)COP(=O)(O)OC[C@@H](O)COP(=O)(O)OC[C@@H](COC(=O)CCCCCCCCCC)OC(=O)CCCCCCCCCCCC. The van der Waals surface area contributed by atoms with Crippen LogP contribution in [0.2, 0.25) is 0 Å². The van der Waals surface area contributed by atoms with Crippen LogP contribution in [0.5, 0.6) is 0 Å². The van der Waals surface area contributed by atoms with Crippen molar-refractivity contribution in [3.05, 3.63) is 0 Å². The van der Waals surface area contributed by atoms with E-state index in [1.807, 2.05) is 0 Å². The largest absolute Gasteiger partial charge is 0.472 e. The van der Waals surface area contributed by atoms with Gasteiger partial charge in [-0.1, -0.05) is 323 Å². The molecular weight excluding hydrogens is 1190 g/mol. The maximum absolute atomic E-state index is 13.0. The average Bonchev–Trinajstić information content (AvgIpc) is 3.62. The summed E-state index contributed by atoms with van der Waals surface area (Å²) >= 11 is 0. The van der Waals surface area contributed by atoms with Crippen molar-refractivity contribution >= 4 is 39.5 Å². The molecule has 0 saturated heterocycles. The molecule has 90 heavy (non-hydrogen) atoms. The van der Waals surface area contributed by atoms with Crippen molar-refractivity contribution in [2.45, 2.75) is 393 Å². The molecule has 0 aromatic heterocycles. The van der Waals surface area contributed by atoms with Crippen molar-refractivity contribution in [1.82, 2.24) is 0 Å². The molecule has 0 rings (SSSR count). The minimum Gasteiger partial charge on any atom is -0.462 e. The minimum absolute atomic E-state index is 0.107. The Morgan fingerprint density at radius 1 is 0.267 bits per heavy atom. The van der Waals surface area contributed by atoms with Crippen LogP contribution >= 0.6 is 15.6 Å². The minimum atomic E-state index is -4.95. The van der Waals surface area contributed by atoms with Crippen LogP contribution in [0.25, 0.3) is 0 Å². The number of ether oxygens (including phenoxy) is 4. The van der Waals surface area contributed by atoms with E-state index < -0.39 is 97.5 Å². The Morgan fingerprint density at radius 2 is 0.444 bits per heavy atom. The molecule has 0 aliphatic rings. The van der Waals surface area contributed by atoms with Gasteiger partial charge in [-0.3, -0.25) is 37.3 Å². The van der Waals surface area contributed by atoms with E-state index in [-0.39, 0.29) is 25.7 Å². The quantitative estimate of drug-likeness (QED) is 0.0222. The fourth-order valence-electron chi connectivity index (χ4n) is 10.9. The standard InChI is InChI=1S/C71H138O17P2/c1-5-9-13-17-21-25-28-30-31-32-33-34-35-36-37-39-42-46-50-54-58-71(76)88-67(62-82-69(74)56-52-48-44-41-38-29-26-22-18-14-10-6-2)64-86-90(79,80)84-60-65(72)59-83-89(77,78)85-63-66(61-81-68(73)55-51-47-43-24-20-16-12-8-4)87-70(75)57-53-49-45-40-27-23-19-15-11-7-3/h65-67,72H,5-64H2,1-4H3,(H,77,78)(H,79,80)/t65-,66+,67+/m0/s1. The third kappa shape index (κ3) is 64.8. The molecule has 0 heterocycles. The van der Waals surface area contributed by atoms with Crippen molar-refractivity contribution in [2.24, 2.45) is 0 Å². The second-order valence-electron chi connectivity index (χ2n) is 25.6. The van der Waals surface area contributed by atoms with Crippen molar-refractivity contribution in [3.63, 3.8) is 0 Å². The number of phosphoric acid groups is 2. The topological polar surface area (TPSA) is 237 Å². The third-order valence-corrected chi connectivity index (χ3v) is 18.5. The third-order valence-electron chi connectivity index (χ3n) is 16.6. The Labute approximate surface area is 549 Å². The van der Waals surface area contributed by atoms with E-state index in [4.69, 9.17) is 37.0 Å². The summed E-state index contributed by atoms with van der Waals surface area (Å²) in [5, 5.41) is 10.6. The molecule has 2 unspecified atom stereocenters. The number of hydrogen-bond donors (Lipinski definition) is 3. The van der Waals surface area contributed by atoms with E-state index in [2.05, 4.69) is 27.7 Å². The monoisotopic (exact) mass is 1320 g/mol. The van der Waals surface area contributed by atoms with Crippen LogP contribution in [0.15, 0.2) is 0 Å². The van der Waals surface area contributed by atoms with Gasteiger partial charge in [0.1, 0.15) is 19.3 Å². The molecule has 17 nitrogen and oxygen atoms in total. The number of aliphatic hydroxyl groups excluding tert-OH is 1. The predicted octanol–water partition coefficient (Wildman–Crippen LogP) is 20.7. The number of carbonyl (C=O) groups excluding carboxylic acids is 4. The van der Waals surface area contributed by atoms with Crippen LogP contribution in [0.1, 0.15) is 374 Å². The smallest absolute Gasteiger partial charge is 0.462 e. The zero-order chi connectivity index (χ0) is 66.1. The summed E-state index contributed by atoms with van der Waals surface area (Å²) in [7, 11) is -9.89. The fourth-order valence-corrected chi connectivity index (χ4v) is 12.4. The number of aliphatic hydroxyl groups is 1. The van der Waals surface area contributed by atoms with Gasteiger partial charge in [-0.25, -0.2) is 9.13 Å². The van der Waals surface area contributed by atoms with Gasteiger partial charge in [0.05, 0.1) is 26.4 Å². The highest BCUT2D eigenvalue weighted by Gasteiger charge is 2.30. The number of esters is 4. The normalized spacial score (nSPS) is 14.0. The van der Waals surface area contributed by atoms with Crippen molar-refractivity contribution < 1.29 is 80.2 Å². The first-order valence-electron chi connectivity index (χ1n) is 37.3. The van der Waals surface area contributed by atoms with Crippen LogP contribution < -0.4 is 0 Å². The summed E-state index contributed by atoms with van der Waals surface area (Å²) < 4.78 is 68.2. The van der Waals surface area contributed by atoms with Crippen molar-refractivity contribution in [2.75, 3.05) is 39.6 Å². The van der Waals surface area contributed by atoms with E-state index >= 15 is 0 Å². The van der Waals surface area contributed by atoms with Crippen LogP contribution in [0.3, 0.4) is 0 Å². The van der Waals surface area contributed by atoms with E-state index in [1.54, 1.807) is 0 Å². The van der Waals surface area contributed by atoms with Gasteiger partial charge in [-0.2, -0.15) is 0 Å². The first kappa shape index (κ1) is 88.1. The predicted molar refractivity (Wildman–Crippen MR) is 363 cm³/mol. The second kappa shape index (κ2) is 65.7. The molecule has 0 fully saturated rings. The Bertz CT molecular complexity index is 1720. The highest BCUT2D eigenvalue weighted by molar-refractivity contribution is 7.47. The Kier molecular flexibility index (Phi) is 64.3. The fraction of sp³-hybridized carbons (Fsp3) is 0.944. The molecular formula is C71H138O17P2. The lowest BCUT2D eigenvalue weighted by molar-refractivity contribution is -0.161. The lowest BCUT2D eigenvalue weighted by atomic mass is 10.0. The number of unbranched alkanes of at least 4 members (excludes halogenated alkanes) is 46. The van der Waals surface area contributed by atoms with Gasteiger partial charge in [0, 0.05) is 25.7 Å². The van der Waals surface area contributed by atoms with Gasteiger partial charge < -0.3 is 33.8 Å². The van der Waals surface area contributed by atoms with Crippen molar-refractivity contribution in [1.29, 1.82) is 0 Å². The molecule has 534 valence electrons. The van der Waals surface area contributed by atoms with Crippen molar-refractivity contribution in [3.8, 4) is 0 Å². The summed E-state index contributed by atoms with van der Waals surface area (Å²) in [4.78, 5) is 72.4. The lowest BCUT2D eigenvalue weighted by Crippen LogP contribution is -2.30. The highest BCUT2D eigenvalue weighted by Crippen LogP contribution is 2.45. The number of carbonyl (C=O) groups is 4. The van der Waals surface area contributed by atoms with E-state index in [0.29, 0.717) is 25.7 Å². The molecule has 0 aliphatic heterocycles. The molecule has 0 aromatic carbocycles. The zero-order valence-corrected chi connectivity index (χ0v) is 59.9. The maximum atomic E-state index is 13.0. The van der Waals surface area contributed by atoms with Gasteiger partial charge >= 0.3 is 39.5 Å². The zero-order valence-electron chi connectivity index (χ0n) is 58.1. The van der Waals surface area contributed by atoms with Gasteiger partial charge in [-0.05, 0) is 25.7 Å². The molecule has 0 aliphatic carbocycles. The second-order valence-corrected chi connectivity index (χ2v) is 28.5. The van der Waals surface area contributed by atoms with Crippen LogP contribution in [-0.4, -0.2) is 96.7 Å². The van der Waals surface area contributed by atoms with Crippen LogP contribution in [0.4, 0.5) is 0 Å². The molecule has 0 spiro atoms. The maximum Gasteiger partial charge on any atom is 0.472 e. The summed E-state index contributed by atoms with van der Waals surface area (Å²) in [6, 6.07) is 0. The van der Waals surface area contributed by atoms with Gasteiger partial charge in [0.2, 0.25) is 0 Å². The molecule has 0 amide bonds. The molecule has 0 aromatic rings. The van der Waals surface area contributed by atoms with E-state index in [0.717, 1.165) is 96.3 Å². The first-order chi connectivity index (χ1) is 43.7. The van der Waals surface area contributed by atoms with Crippen LogP contribution in [-0.2, 0) is 65.4 Å². The number of rotatable bonds is 72. The van der Waals surface area contributed by atoms with E-state index in [9.17, 15) is 43.2 Å². The van der Waals surface area contributed by atoms with Crippen LogP contribution in [0, 0.1) is 0 Å². The molecule has 0 saturated carbocycles. The highest BCUT2D eigenvalue weighted by atomic mass is 31.2. The number of phosphoric ester groups is 2. The Hall–Kier alpha value is -1.94. The molecule has 0 bridgehead atoms.